The van der Waals surface area contributed by atoms with Crippen molar-refractivity contribution < 1.29 is 22.3 Å². The summed E-state index contributed by atoms with van der Waals surface area (Å²) in [5.41, 5.74) is 0.939. The number of hydrogen-bond donors (Lipinski definition) is 1. The highest BCUT2D eigenvalue weighted by Crippen LogP contribution is 2.29. The Morgan fingerprint density at radius 1 is 1.26 bits per heavy atom. The average molecular weight is 413 g/mol. The fraction of sp³-hybridized carbons (Fsp3) is 0.278. The van der Waals surface area contributed by atoms with Crippen LogP contribution >= 0.6 is 11.6 Å². The molecule has 1 aliphatic rings. The van der Waals surface area contributed by atoms with Crippen molar-refractivity contribution in [1.29, 1.82) is 0 Å². The molecule has 144 valence electrons. The molecule has 0 saturated carbocycles. The highest BCUT2D eigenvalue weighted by molar-refractivity contribution is 7.89. The van der Waals surface area contributed by atoms with Gasteiger partial charge in [-0.05, 0) is 55.3 Å². The van der Waals surface area contributed by atoms with Crippen LogP contribution in [0.2, 0.25) is 5.02 Å². The summed E-state index contributed by atoms with van der Waals surface area (Å²) in [6.07, 6.45) is 0.289. The number of nitrogens with zero attached hydrogens (tertiary/aromatic N) is 1. The molecule has 1 saturated heterocycles. The Morgan fingerprint density at radius 3 is 2.67 bits per heavy atom. The van der Waals surface area contributed by atoms with Crippen molar-refractivity contribution >= 4 is 33.2 Å². The normalized spacial score (nSPS) is 17.4. The second-order valence-corrected chi connectivity index (χ2v) is 8.30. The molecule has 0 aliphatic carbocycles. The van der Waals surface area contributed by atoms with Gasteiger partial charge in [0.25, 0.3) is 0 Å². The Morgan fingerprint density at radius 2 is 2.00 bits per heavy atom. The molecule has 0 unspecified atom stereocenters. The van der Waals surface area contributed by atoms with Crippen molar-refractivity contribution in [3.63, 3.8) is 0 Å². The summed E-state index contributed by atoms with van der Waals surface area (Å²) in [4.78, 5) is 14.0. The second-order valence-electron chi connectivity index (χ2n) is 6.18. The molecule has 27 heavy (non-hydrogen) atoms. The number of sulfonamides is 1. The van der Waals surface area contributed by atoms with Crippen LogP contribution in [-0.4, -0.2) is 34.0 Å². The van der Waals surface area contributed by atoms with E-state index in [4.69, 9.17) is 16.3 Å². The van der Waals surface area contributed by atoms with Crippen LogP contribution in [0, 0.1) is 12.7 Å². The molecular weight excluding hydrogens is 395 g/mol. The van der Waals surface area contributed by atoms with Crippen LogP contribution in [0.15, 0.2) is 41.3 Å². The van der Waals surface area contributed by atoms with E-state index in [9.17, 15) is 17.6 Å². The third-order valence-corrected chi connectivity index (χ3v) is 6.10. The van der Waals surface area contributed by atoms with Gasteiger partial charge in [-0.25, -0.2) is 12.8 Å². The number of nitrogens with one attached hydrogen (secondary N) is 1. The van der Waals surface area contributed by atoms with Crippen LogP contribution < -0.4 is 14.4 Å². The minimum atomic E-state index is -4.03. The lowest BCUT2D eigenvalue weighted by molar-refractivity contribution is -0.118. The molecule has 1 heterocycles. The van der Waals surface area contributed by atoms with E-state index in [1.165, 1.54) is 42.3 Å². The quantitative estimate of drug-likeness (QED) is 0.819. The van der Waals surface area contributed by atoms with Crippen LogP contribution in [0.5, 0.6) is 5.75 Å². The van der Waals surface area contributed by atoms with E-state index < -0.39 is 22.0 Å². The minimum absolute atomic E-state index is 0.128. The summed E-state index contributed by atoms with van der Waals surface area (Å²) in [6, 6.07) is 7.64. The molecule has 1 N–H and O–H groups in total. The summed E-state index contributed by atoms with van der Waals surface area (Å²) in [5.74, 6) is -0.635. The average Bonchev–Trinajstić information content (AvgIpc) is 2.97. The smallest absolute Gasteiger partial charge is 0.245 e. The molecule has 9 heteroatoms. The maximum absolute atomic E-state index is 13.5. The van der Waals surface area contributed by atoms with Crippen LogP contribution in [0.4, 0.5) is 10.1 Å². The molecule has 1 fully saturated rings. The predicted octanol–water partition coefficient (Wildman–Crippen LogP) is 2.88. The van der Waals surface area contributed by atoms with Crippen LogP contribution in [0.1, 0.15) is 12.0 Å². The van der Waals surface area contributed by atoms with E-state index >= 15 is 0 Å². The number of benzene rings is 2. The molecule has 0 spiro atoms. The lowest BCUT2D eigenvalue weighted by atomic mass is 10.2. The molecule has 6 nitrogen and oxygen atoms in total. The molecule has 1 amide bonds. The Bertz CT molecular complexity index is 997. The first kappa shape index (κ1) is 19.6. The monoisotopic (exact) mass is 412 g/mol. The van der Waals surface area contributed by atoms with Gasteiger partial charge in [-0.2, -0.15) is 4.72 Å². The van der Waals surface area contributed by atoms with Gasteiger partial charge in [-0.15, -0.1) is 0 Å². The number of anilines is 1. The molecule has 0 radical (unpaired) electrons. The lowest BCUT2D eigenvalue weighted by Gasteiger charge is -2.18. The van der Waals surface area contributed by atoms with Crippen molar-refractivity contribution in [3.05, 3.63) is 52.8 Å². The Labute approximate surface area is 161 Å². The fourth-order valence-electron chi connectivity index (χ4n) is 2.95. The van der Waals surface area contributed by atoms with Crippen LogP contribution in [0.25, 0.3) is 0 Å². The summed E-state index contributed by atoms with van der Waals surface area (Å²) in [6.45, 7) is 1.93. The number of carbonyl (C=O) groups is 1. The van der Waals surface area contributed by atoms with Crippen molar-refractivity contribution in [2.75, 3.05) is 18.6 Å². The molecule has 0 bridgehead atoms. The number of carbonyl (C=O) groups excluding carboxylic acids is 1. The highest BCUT2D eigenvalue weighted by atomic mass is 35.5. The first-order valence-electron chi connectivity index (χ1n) is 8.16. The molecule has 0 aromatic heterocycles. The van der Waals surface area contributed by atoms with Gasteiger partial charge < -0.3 is 9.64 Å². The third-order valence-electron chi connectivity index (χ3n) is 4.37. The summed E-state index contributed by atoms with van der Waals surface area (Å²) < 4.78 is 46.4. The van der Waals surface area contributed by atoms with E-state index in [0.29, 0.717) is 17.8 Å². The van der Waals surface area contributed by atoms with Gasteiger partial charge in [0.15, 0.2) is 0 Å². The standard InChI is InChI=1S/C18H18ClFN2O4S/c1-11-9-13(4-5-14(11)20)22-8-7-15(18(22)23)21-27(24,25)17-10-12(19)3-6-16(17)26-2/h3-6,9-10,15,21H,7-8H2,1-2H3/t15-/m0/s1. The van der Waals surface area contributed by atoms with Crippen molar-refractivity contribution in [3.8, 4) is 5.75 Å². The van der Waals surface area contributed by atoms with Crippen molar-refractivity contribution in [2.24, 2.45) is 0 Å². The zero-order valence-corrected chi connectivity index (χ0v) is 16.3. The number of amides is 1. The van der Waals surface area contributed by atoms with Gasteiger partial charge >= 0.3 is 0 Å². The Hall–Kier alpha value is -2.16. The lowest BCUT2D eigenvalue weighted by Crippen LogP contribution is -2.41. The first-order valence-corrected chi connectivity index (χ1v) is 10.0. The topological polar surface area (TPSA) is 75.7 Å². The van der Waals surface area contributed by atoms with Gasteiger partial charge in [0.1, 0.15) is 22.5 Å². The molecule has 1 atom stereocenters. The van der Waals surface area contributed by atoms with E-state index in [1.807, 2.05) is 0 Å². The summed E-state index contributed by atoms with van der Waals surface area (Å²) in [5, 5.41) is 0.234. The summed E-state index contributed by atoms with van der Waals surface area (Å²) >= 11 is 5.90. The number of halogens is 2. The maximum Gasteiger partial charge on any atom is 0.245 e. The number of hydrogen-bond acceptors (Lipinski definition) is 4. The third kappa shape index (κ3) is 3.92. The zero-order valence-electron chi connectivity index (χ0n) is 14.7. The minimum Gasteiger partial charge on any atom is -0.495 e. The molecule has 3 rings (SSSR count). The largest absolute Gasteiger partial charge is 0.495 e. The Kier molecular flexibility index (Phi) is 5.41. The number of aryl methyl sites for hydroxylation is 1. The number of rotatable bonds is 5. The molecule has 1 aliphatic heterocycles. The molecular formula is C18H18ClFN2O4S. The van der Waals surface area contributed by atoms with Crippen molar-refractivity contribution in [1.82, 2.24) is 4.72 Å². The number of ether oxygens (including phenoxy) is 1. The fourth-order valence-corrected chi connectivity index (χ4v) is 4.61. The SMILES string of the molecule is COc1ccc(Cl)cc1S(=O)(=O)N[C@H]1CCN(c2ccc(F)c(C)c2)C1=O. The predicted molar refractivity (Wildman–Crippen MR) is 100 cm³/mol. The van der Waals surface area contributed by atoms with Crippen LogP contribution in [0.3, 0.4) is 0 Å². The first-order chi connectivity index (χ1) is 12.7. The van der Waals surface area contributed by atoms with Gasteiger partial charge in [0.05, 0.1) is 7.11 Å². The van der Waals surface area contributed by atoms with Gasteiger partial charge in [0, 0.05) is 17.3 Å². The van der Waals surface area contributed by atoms with E-state index in [-0.39, 0.29) is 27.9 Å². The van der Waals surface area contributed by atoms with E-state index in [2.05, 4.69) is 4.72 Å². The molecule has 2 aromatic carbocycles. The van der Waals surface area contributed by atoms with E-state index in [0.717, 1.165) is 0 Å². The van der Waals surface area contributed by atoms with Gasteiger partial charge in [-0.3, -0.25) is 4.79 Å². The summed E-state index contributed by atoms with van der Waals surface area (Å²) in [7, 11) is -2.68. The zero-order chi connectivity index (χ0) is 19.8. The van der Waals surface area contributed by atoms with E-state index in [1.54, 1.807) is 13.0 Å². The maximum atomic E-state index is 13.5. The molecule has 2 aromatic rings. The van der Waals surface area contributed by atoms with Crippen molar-refractivity contribution in [2.45, 2.75) is 24.3 Å². The van der Waals surface area contributed by atoms with Gasteiger partial charge in [0.2, 0.25) is 15.9 Å². The highest BCUT2D eigenvalue weighted by Gasteiger charge is 2.36. The van der Waals surface area contributed by atoms with Crippen LogP contribution in [-0.2, 0) is 14.8 Å². The number of methoxy groups -OCH3 is 1. The van der Waals surface area contributed by atoms with Gasteiger partial charge in [-0.1, -0.05) is 11.6 Å². The second kappa shape index (κ2) is 7.46. The Balaban J connectivity index is 1.83.